The molecule has 0 fully saturated rings. The molecule has 5 heteroatoms. The Morgan fingerprint density at radius 1 is 1.26 bits per heavy atom. The van der Waals surface area contributed by atoms with Crippen molar-refractivity contribution < 1.29 is 14.3 Å². The van der Waals surface area contributed by atoms with Gasteiger partial charge in [0.1, 0.15) is 12.1 Å². The Morgan fingerprint density at radius 2 is 1.78 bits per heavy atom. The lowest BCUT2D eigenvalue weighted by Crippen LogP contribution is -2.50. The minimum absolute atomic E-state index is 0.0431. The van der Waals surface area contributed by atoms with Crippen LogP contribution in [0.25, 0.3) is 0 Å². The molecule has 0 aliphatic heterocycles. The van der Waals surface area contributed by atoms with E-state index in [1.807, 2.05) is 32.9 Å². The van der Waals surface area contributed by atoms with Crippen molar-refractivity contribution in [1.82, 2.24) is 4.90 Å². The zero-order valence-corrected chi connectivity index (χ0v) is 14.3. The zero-order valence-electron chi connectivity index (χ0n) is 14.3. The summed E-state index contributed by atoms with van der Waals surface area (Å²) in [6, 6.07) is 7.44. The van der Waals surface area contributed by atoms with Crippen molar-refractivity contribution in [2.45, 2.75) is 58.2 Å². The lowest BCUT2D eigenvalue weighted by Gasteiger charge is -2.31. The van der Waals surface area contributed by atoms with Gasteiger partial charge in [-0.2, -0.15) is 0 Å². The molecule has 126 valence electrons. The SMILES string of the molecule is C[C@H](N)C(=O)N(CC(=O)OC(C)(C)C)C1Cc2ccccc2C1. The third-order valence-corrected chi connectivity index (χ3v) is 3.86. The van der Waals surface area contributed by atoms with Gasteiger partial charge in [-0.15, -0.1) is 0 Å². The average Bonchev–Trinajstić information content (AvgIpc) is 2.85. The van der Waals surface area contributed by atoms with Crippen molar-refractivity contribution in [2.24, 2.45) is 5.73 Å². The Kier molecular flexibility index (Phi) is 5.09. The van der Waals surface area contributed by atoms with E-state index in [9.17, 15) is 9.59 Å². The molecule has 0 unspecified atom stereocenters. The van der Waals surface area contributed by atoms with Crippen molar-refractivity contribution in [1.29, 1.82) is 0 Å². The molecule has 2 N–H and O–H groups in total. The average molecular weight is 318 g/mol. The second kappa shape index (κ2) is 6.71. The Bertz CT molecular complexity index is 565. The van der Waals surface area contributed by atoms with E-state index in [1.54, 1.807) is 11.8 Å². The molecule has 0 spiro atoms. The van der Waals surface area contributed by atoms with Gasteiger partial charge >= 0.3 is 5.97 Å². The predicted molar refractivity (Wildman–Crippen MR) is 88.8 cm³/mol. The molecular formula is C18H26N2O3. The number of benzene rings is 1. The quantitative estimate of drug-likeness (QED) is 0.857. The monoisotopic (exact) mass is 318 g/mol. The summed E-state index contributed by atoms with van der Waals surface area (Å²) >= 11 is 0. The number of rotatable bonds is 4. The first-order valence-electron chi connectivity index (χ1n) is 8.02. The number of hydrogen-bond acceptors (Lipinski definition) is 4. The maximum absolute atomic E-state index is 12.5. The van der Waals surface area contributed by atoms with Crippen LogP contribution in [0.4, 0.5) is 0 Å². The minimum atomic E-state index is -0.638. The molecule has 1 aromatic rings. The number of amides is 1. The molecule has 1 atom stereocenters. The smallest absolute Gasteiger partial charge is 0.326 e. The predicted octanol–water partition coefficient (Wildman–Crippen LogP) is 1.67. The first kappa shape index (κ1) is 17.5. The molecule has 23 heavy (non-hydrogen) atoms. The van der Waals surface area contributed by atoms with Gasteiger partial charge in [-0.05, 0) is 51.7 Å². The number of ether oxygens (including phenoxy) is 1. The van der Waals surface area contributed by atoms with Crippen LogP contribution in [0.3, 0.4) is 0 Å². The molecule has 0 heterocycles. The summed E-state index contributed by atoms with van der Waals surface area (Å²) < 4.78 is 5.36. The molecule has 0 saturated carbocycles. The summed E-state index contributed by atoms with van der Waals surface area (Å²) in [7, 11) is 0. The number of esters is 1. The highest BCUT2D eigenvalue weighted by Crippen LogP contribution is 2.26. The van der Waals surface area contributed by atoms with Crippen LogP contribution in [0.15, 0.2) is 24.3 Å². The Hall–Kier alpha value is -1.88. The van der Waals surface area contributed by atoms with Crippen molar-refractivity contribution in [2.75, 3.05) is 6.54 Å². The van der Waals surface area contributed by atoms with E-state index in [2.05, 4.69) is 12.1 Å². The summed E-state index contributed by atoms with van der Waals surface area (Å²) in [5.74, 6) is -0.615. The van der Waals surface area contributed by atoms with Crippen LogP contribution in [0.2, 0.25) is 0 Å². The van der Waals surface area contributed by atoms with Gasteiger partial charge in [0.15, 0.2) is 0 Å². The van der Waals surface area contributed by atoms with E-state index in [0.717, 1.165) is 12.8 Å². The molecule has 0 bridgehead atoms. The molecule has 0 radical (unpaired) electrons. The third kappa shape index (κ3) is 4.55. The van der Waals surface area contributed by atoms with Gasteiger partial charge in [0, 0.05) is 6.04 Å². The number of nitrogens with two attached hydrogens (primary N) is 1. The van der Waals surface area contributed by atoms with Crippen LogP contribution >= 0.6 is 0 Å². The number of hydrogen-bond donors (Lipinski definition) is 1. The lowest BCUT2D eigenvalue weighted by molar-refractivity contribution is -0.160. The number of fused-ring (bicyclic) bond motifs is 1. The molecule has 1 aliphatic rings. The van der Waals surface area contributed by atoms with Gasteiger partial charge in [0.2, 0.25) is 5.91 Å². The summed E-state index contributed by atoms with van der Waals surface area (Å²) in [6.45, 7) is 7.03. The molecule has 1 aliphatic carbocycles. The fraction of sp³-hybridized carbons (Fsp3) is 0.556. The molecular weight excluding hydrogens is 292 g/mol. The van der Waals surface area contributed by atoms with Crippen LogP contribution in [0.5, 0.6) is 0 Å². The largest absolute Gasteiger partial charge is 0.459 e. The molecule has 0 saturated heterocycles. The first-order chi connectivity index (χ1) is 10.7. The highest BCUT2D eigenvalue weighted by Gasteiger charge is 2.33. The molecule has 0 aromatic heterocycles. The standard InChI is InChI=1S/C18H26N2O3/c1-12(19)17(22)20(11-16(21)23-18(2,3)4)15-9-13-7-5-6-8-14(13)10-15/h5-8,12,15H,9-11,19H2,1-4H3/t12-/m0/s1. The summed E-state index contributed by atoms with van der Waals surface area (Å²) in [6.07, 6.45) is 1.49. The van der Waals surface area contributed by atoms with Crippen LogP contribution in [-0.2, 0) is 27.2 Å². The summed E-state index contributed by atoms with van der Waals surface area (Å²) in [5.41, 5.74) is 7.65. The van der Waals surface area contributed by atoms with Gasteiger partial charge in [0.05, 0.1) is 6.04 Å². The van der Waals surface area contributed by atoms with Crippen molar-refractivity contribution in [3.63, 3.8) is 0 Å². The zero-order chi connectivity index (χ0) is 17.2. The van der Waals surface area contributed by atoms with E-state index in [1.165, 1.54) is 11.1 Å². The molecule has 2 rings (SSSR count). The van der Waals surface area contributed by atoms with Gasteiger partial charge in [0.25, 0.3) is 0 Å². The third-order valence-electron chi connectivity index (χ3n) is 3.86. The highest BCUT2D eigenvalue weighted by molar-refractivity contribution is 5.86. The Balaban J connectivity index is 2.13. The number of nitrogens with zero attached hydrogens (tertiary/aromatic N) is 1. The maximum Gasteiger partial charge on any atom is 0.326 e. The van der Waals surface area contributed by atoms with Crippen LogP contribution < -0.4 is 5.73 Å². The minimum Gasteiger partial charge on any atom is -0.459 e. The van der Waals surface area contributed by atoms with Crippen LogP contribution in [0.1, 0.15) is 38.8 Å². The van der Waals surface area contributed by atoms with Crippen molar-refractivity contribution in [3.8, 4) is 0 Å². The molecule has 5 nitrogen and oxygen atoms in total. The van der Waals surface area contributed by atoms with E-state index in [-0.39, 0.29) is 18.5 Å². The fourth-order valence-corrected chi connectivity index (χ4v) is 2.92. The van der Waals surface area contributed by atoms with E-state index >= 15 is 0 Å². The lowest BCUT2D eigenvalue weighted by atomic mass is 10.1. The second-order valence-electron chi connectivity index (χ2n) is 7.17. The Labute approximate surface area is 137 Å². The van der Waals surface area contributed by atoms with Crippen LogP contribution in [-0.4, -0.2) is 41.0 Å². The van der Waals surface area contributed by atoms with Crippen LogP contribution in [0, 0.1) is 0 Å². The van der Waals surface area contributed by atoms with Gasteiger partial charge in [-0.1, -0.05) is 24.3 Å². The number of carbonyl (C=O) groups excluding carboxylic acids is 2. The van der Waals surface area contributed by atoms with E-state index in [0.29, 0.717) is 0 Å². The summed E-state index contributed by atoms with van der Waals surface area (Å²) in [5, 5.41) is 0. The second-order valence-corrected chi connectivity index (χ2v) is 7.17. The molecule has 1 amide bonds. The van der Waals surface area contributed by atoms with Crippen molar-refractivity contribution >= 4 is 11.9 Å². The number of carbonyl (C=O) groups is 2. The van der Waals surface area contributed by atoms with E-state index in [4.69, 9.17) is 10.5 Å². The Morgan fingerprint density at radius 3 is 2.22 bits per heavy atom. The normalized spacial score (nSPS) is 15.9. The van der Waals surface area contributed by atoms with Crippen molar-refractivity contribution in [3.05, 3.63) is 35.4 Å². The molecule has 1 aromatic carbocycles. The highest BCUT2D eigenvalue weighted by atomic mass is 16.6. The van der Waals surface area contributed by atoms with E-state index < -0.39 is 17.6 Å². The first-order valence-corrected chi connectivity index (χ1v) is 8.02. The topological polar surface area (TPSA) is 72.6 Å². The van der Waals surface area contributed by atoms with Gasteiger partial charge < -0.3 is 15.4 Å². The van der Waals surface area contributed by atoms with Gasteiger partial charge in [-0.3, -0.25) is 9.59 Å². The maximum atomic E-state index is 12.5. The summed E-state index contributed by atoms with van der Waals surface area (Å²) in [4.78, 5) is 26.2. The fourth-order valence-electron chi connectivity index (χ4n) is 2.92. The van der Waals surface area contributed by atoms with Gasteiger partial charge in [-0.25, -0.2) is 0 Å².